The molecule has 0 aliphatic carbocycles. The fourth-order valence-electron chi connectivity index (χ4n) is 1.35. The van der Waals surface area contributed by atoms with Crippen molar-refractivity contribution in [1.82, 2.24) is 0 Å². The highest BCUT2D eigenvalue weighted by atomic mass is 19.4. The summed E-state index contributed by atoms with van der Waals surface area (Å²) in [5, 5.41) is 0. The molecule has 0 bridgehead atoms. The topological polar surface area (TPSA) is 9.23 Å². The van der Waals surface area contributed by atoms with Gasteiger partial charge in [-0.15, -0.1) is 0 Å². The lowest BCUT2D eigenvalue weighted by molar-refractivity contribution is -0.274. The van der Waals surface area contributed by atoms with Gasteiger partial charge in [-0.25, -0.2) is 0 Å². The third-order valence-corrected chi connectivity index (χ3v) is 1.86. The van der Waals surface area contributed by atoms with E-state index in [4.69, 9.17) is 4.74 Å². The van der Waals surface area contributed by atoms with E-state index in [1.54, 1.807) is 20.8 Å². The zero-order chi connectivity index (χ0) is 10.7. The summed E-state index contributed by atoms with van der Waals surface area (Å²) < 4.78 is 42.4. The van der Waals surface area contributed by atoms with Gasteiger partial charge >= 0.3 is 6.18 Å². The van der Waals surface area contributed by atoms with Crippen LogP contribution in [0.2, 0.25) is 0 Å². The van der Waals surface area contributed by atoms with Crippen molar-refractivity contribution in [3.05, 3.63) is 0 Å². The maximum absolute atomic E-state index is 12.5. The first-order valence-corrected chi connectivity index (χ1v) is 4.43. The van der Waals surface area contributed by atoms with Gasteiger partial charge in [0.1, 0.15) is 0 Å². The summed E-state index contributed by atoms with van der Waals surface area (Å²) >= 11 is 0. The Hall–Kier alpha value is -0.250. The van der Waals surface area contributed by atoms with Crippen LogP contribution in [0.5, 0.6) is 0 Å². The lowest BCUT2D eigenvalue weighted by atomic mass is 9.93. The van der Waals surface area contributed by atoms with Crippen molar-refractivity contribution in [3.8, 4) is 0 Å². The van der Waals surface area contributed by atoms with Gasteiger partial charge in [-0.3, -0.25) is 0 Å². The predicted molar refractivity (Wildman–Crippen MR) is 45.5 cm³/mol. The van der Waals surface area contributed by atoms with Gasteiger partial charge in [-0.1, -0.05) is 13.8 Å². The molecule has 0 radical (unpaired) electrons. The lowest BCUT2D eigenvalue weighted by Crippen LogP contribution is -2.45. The zero-order valence-electron chi connectivity index (χ0n) is 8.53. The first-order chi connectivity index (χ1) is 5.73. The van der Waals surface area contributed by atoms with E-state index in [2.05, 4.69) is 0 Å². The molecule has 0 saturated heterocycles. The normalized spacial score (nSPS) is 17.5. The van der Waals surface area contributed by atoms with Crippen molar-refractivity contribution in [2.45, 2.75) is 45.9 Å². The van der Waals surface area contributed by atoms with E-state index in [0.717, 1.165) is 6.92 Å². The smallest absolute Gasteiger partial charge is 0.366 e. The Labute approximate surface area is 77.3 Å². The van der Waals surface area contributed by atoms with Crippen LogP contribution in [0.4, 0.5) is 13.2 Å². The van der Waals surface area contributed by atoms with Gasteiger partial charge in [-0.2, -0.15) is 13.2 Å². The minimum atomic E-state index is -4.28. The standard InChI is InChI=1S/C9H17F3O/c1-5-13-8(4,6-7(2)3)9(10,11)12/h7H,5-6H2,1-4H3. The Morgan fingerprint density at radius 2 is 1.69 bits per heavy atom. The predicted octanol–water partition coefficient (Wildman–Crippen LogP) is 3.39. The highest BCUT2D eigenvalue weighted by Gasteiger charge is 2.52. The van der Waals surface area contributed by atoms with Crippen LogP contribution in [0.3, 0.4) is 0 Å². The van der Waals surface area contributed by atoms with Gasteiger partial charge in [0.15, 0.2) is 5.60 Å². The van der Waals surface area contributed by atoms with Crippen molar-refractivity contribution in [3.63, 3.8) is 0 Å². The Morgan fingerprint density at radius 3 is 1.92 bits per heavy atom. The van der Waals surface area contributed by atoms with E-state index < -0.39 is 11.8 Å². The summed E-state index contributed by atoms with van der Waals surface area (Å²) in [6, 6.07) is 0. The fourth-order valence-corrected chi connectivity index (χ4v) is 1.35. The average Bonchev–Trinajstić information content (AvgIpc) is 1.82. The van der Waals surface area contributed by atoms with Gasteiger partial charge in [-0.05, 0) is 26.2 Å². The van der Waals surface area contributed by atoms with E-state index in [1.807, 2.05) is 0 Å². The first-order valence-electron chi connectivity index (χ1n) is 4.43. The highest BCUT2D eigenvalue weighted by Crippen LogP contribution is 2.38. The molecule has 0 aliphatic heterocycles. The quantitative estimate of drug-likeness (QED) is 0.672. The van der Waals surface area contributed by atoms with E-state index >= 15 is 0 Å². The summed E-state index contributed by atoms with van der Waals surface area (Å²) in [5.74, 6) is -0.0295. The molecule has 0 aromatic rings. The molecule has 0 spiro atoms. The molecule has 0 amide bonds. The zero-order valence-corrected chi connectivity index (χ0v) is 8.53. The number of rotatable bonds is 4. The molecule has 0 aliphatic rings. The van der Waals surface area contributed by atoms with Crippen molar-refractivity contribution >= 4 is 0 Å². The third-order valence-electron chi connectivity index (χ3n) is 1.86. The summed E-state index contributed by atoms with van der Waals surface area (Å²) in [6.45, 7) is 6.27. The summed E-state index contributed by atoms with van der Waals surface area (Å²) in [6.07, 6.45) is -4.28. The molecule has 13 heavy (non-hydrogen) atoms. The SMILES string of the molecule is CCOC(C)(CC(C)C)C(F)(F)F. The summed E-state index contributed by atoms with van der Waals surface area (Å²) in [7, 11) is 0. The molecule has 0 aromatic heterocycles. The van der Waals surface area contributed by atoms with E-state index in [0.29, 0.717) is 0 Å². The monoisotopic (exact) mass is 198 g/mol. The van der Waals surface area contributed by atoms with Crippen LogP contribution in [0.1, 0.15) is 34.1 Å². The van der Waals surface area contributed by atoms with Gasteiger partial charge in [0.05, 0.1) is 0 Å². The van der Waals surface area contributed by atoms with Crippen LogP contribution in [-0.4, -0.2) is 18.4 Å². The largest absolute Gasteiger partial charge is 0.417 e. The number of halogens is 3. The Balaban J connectivity index is 4.53. The van der Waals surface area contributed by atoms with Gasteiger partial charge < -0.3 is 4.74 Å². The van der Waals surface area contributed by atoms with Crippen LogP contribution < -0.4 is 0 Å². The second kappa shape index (κ2) is 4.31. The highest BCUT2D eigenvalue weighted by molar-refractivity contribution is 4.84. The molecule has 0 aromatic carbocycles. The number of ether oxygens (including phenoxy) is 1. The molecule has 1 atom stereocenters. The van der Waals surface area contributed by atoms with Crippen LogP contribution in [0.15, 0.2) is 0 Å². The van der Waals surface area contributed by atoms with Gasteiger partial charge in [0.25, 0.3) is 0 Å². The molecular weight excluding hydrogens is 181 g/mol. The molecule has 80 valence electrons. The van der Waals surface area contributed by atoms with E-state index in [-0.39, 0.29) is 18.9 Å². The number of hydrogen-bond acceptors (Lipinski definition) is 1. The first kappa shape index (κ1) is 12.8. The van der Waals surface area contributed by atoms with Gasteiger partial charge in [0, 0.05) is 6.61 Å². The molecule has 4 heteroatoms. The maximum Gasteiger partial charge on any atom is 0.417 e. The average molecular weight is 198 g/mol. The Kier molecular flexibility index (Phi) is 4.23. The molecule has 0 heterocycles. The molecule has 0 N–H and O–H groups in total. The van der Waals surface area contributed by atoms with Crippen LogP contribution in [0, 0.1) is 5.92 Å². The Bertz CT molecular complexity index is 153. The number of hydrogen-bond donors (Lipinski definition) is 0. The minimum Gasteiger partial charge on any atom is -0.366 e. The summed E-state index contributed by atoms with van der Waals surface area (Å²) in [5.41, 5.74) is -1.99. The number of alkyl halides is 3. The Morgan fingerprint density at radius 1 is 1.23 bits per heavy atom. The van der Waals surface area contributed by atoms with Crippen LogP contribution in [0.25, 0.3) is 0 Å². The minimum absolute atomic E-state index is 0.00431. The fraction of sp³-hybridized carbons (Fsp3) is 1.00. The molecule has 1 unspecified atom stereocenters. The van der Waals surface area contributed by atoms with Crippen molar-refractivity contribution in [1.29, 1.82) is 0 Å². The molecule has 0 rings (SSSR count). The second-order valence-electron chi connectivity index (χ2n) is 3.76. The van der Waals surface area contributed by atoms with Crippen LogP contribution in [-0.2, 0) is 4.74 Å². The molecule has 1 nitrogen and oxygen atoms in total. The van der Waals surface area contributed by atoms with Crippen LogP contribution >= 0.6 is 0 Å². The van der Waals surface area contributed by atoms with Crippen molar-refractivity contribution < 1.29 is 17.9 Å². The maximum atomic E-state index is 12.5. The third kappa shape index (κ3) is 3.55. The van der Waals surface area contributed by atoms with E-state index in [1.165, 1.54) is 0 Å². The second-order valence-corrected chi connectivity index (χ2v) is 3.76. The van der Waals surface area contributed by atoms with Crippen molar-refractivity contribution in [2.75, 3.05) is 6.61 Å². The van der Waals surface area contributed by atoms with Gasteiger partial charge in [0.2, 0.25) is 0 Å². The molecule has 0 fully saturated rings. The van der Waals surface area contributed by atoms with E-state index in [9.17, 15) is 13.2 Å². The summed E-state index contributed by atoms with van der Waals surface area (Å²) in [4.78, 5) is 0. The lowest BCUT2D eigenvalue weighted by Gasteiger charge is -2.33. The molecule has 0 saturated carbocycles. The van der Waals surface area contributed by atoms with Crippen molar-refractivity contribution in [2.24, 2.45) is 5.92 Å². The molecular formula is C9H17F3O.